The lowest BCUT2D eigenvalue weighted by molar-refractivity contribution is -0.385. The summed E-state index contributed by atoms with van der Waals surface area (Å²) in [5.74, 6) is -1.86. The summed E-state index contributed by atoms with van der Waals surface area (Å²) >= 11 is 0. The Balaban J connectivity index is 3.49. The zero-order chi connectivity index (χ0) is 10.9. The van der Waals surface area contributed by atoms with Crippen LogP contribution in [-0.2, 0) is 0 Å². The normalized spacial score (nSPS) is 9.86. The fourth-order valence-electron chi connectivity index (χ4n) is 1.17. The Morgan fingerprint density at radius 1 is 1.57 bits per heavy atom. The average molecular weight is 198 g/mol. The first kappa shape index (κ1) is 10.1. The molecule has 6 heteroatoms. The summed E-state index contributed by atoms with van der Waals surface area (Å²) in [5, 5.41) is 10.4. The van der Waals surface area contributed by atoms with E-state index in [9.17, 15) is 19.3 Å². The summed E-state index contributed by atoms with van der Waals surface area (Å²) in [6.45, 7) is 1.28. The van der Waals surface area contributed by atoms with Crippen LogP contribution >= 0.6 is 0 Å². The minimum Gasteiger partial charge on any atom is -0.365 e. The summed E-state index contributed by atoms with van der Waals surface area (Å²) in [4.78, 5) is 20.5. The molecule has 0 radical (unpaired) electrons. The first-order valence-electron chi connectivity index (χ1n) is 3.68. The van der Waals surface area contributed by atoms with E-state index < -0.39 is 22.2 Å². The van der Waals surface area contributed by atoms with E-state index in [-0.39, 0.29) is 11.3 Å². The van der Waals surface area contributed by atoms with Gasteiger partial charge in [-0.1, -0.05) is 0 Å². The molecule has 0 heterocycles. The van der Waals surface area contributed by atoms with Gasteiger partial charge in [0.1, 0.15) is 5.82 Å². The molecular weight excluding hydrogens is 191 g/mol. The molecule has 1 amide bonds. The third-order valence-corrected chi connectivity index (χ3v) is 1.83. The molecule has 0 aliphatic rings. The van der Waals surface area contributed by atoms with Crippen LogP contribution in [0.2, 0.25) is 0 Å². The van der Waals surface area contributed by atoms with Gasteiger partial charge in [-0.3, -0.25) is 14.9 Å². The predicted molar refractivity (Wildman–Crippen MR) is 46.3 cm³/mol. The molecule has 0 fully saturated rings. The number of carbonyl (C=O) groups excluding carboxylic acids is 1. The second-order valence-corrected chi connectivity index (χ2v) is 2.69. The zero-order valence-electron chi connectivity index (χ0n) is 7.28. The van der Waals surface area contributed by atoms with Crippen LogP contribution in [-0.4, -0.2) is 10.8 Å². The largest absolute Gasteiger partial charge is 0.365 e. The van der Waals surface area contributed by atoms with Crippen molar-refractivity contribution >= 4 is 11.6 Å². The third kappa shape index (κ3) is 1.54. The van der Waals surface area contributed by atoms with Gasteiger partial charge >= 0.3 is 0 Å². The molecule has 0 bridgehead atoms. The van der Waals surface area contributed by atoms with Crippen molar-refractivity contribution in [1.29, 1.82) is 0 Å². The number of amides is 1. The Labute approximate surface area is 78.5 Å². The van der Waals surface area contributed by atoms with E-state index in [1.165, 1.54) is 6.92 Å². The second kappa shape index (κ2) is 3.41. The van der Waals surface area contributed by atoms with Crippen LogP contribution in [0.1, 0.15) is 15.9 Å². The van der Waals surface area contributed by atoms with Crippen LogP contribution in [0.4, 0.5) is 10.1 Å². The highest BCUT2D eigenvalue weighted by molar-refractivity contribution is 5.95. The molecule has 14 heavy (non-hydrogen) atoms. The number of nitrogens with zero attached hydrogens (tertiary/aromatic N) is 1. The Morgan fingerprint density at radius 2 is 2.14 bits per heavy atom. The number of primary amides is 1. The van der Waals surface area contributed by atoms with E-state index in [0.29, 0.717) is 0 Å². The van der Waals surface area contributed by atoms with Gasteiger partial charge in [0.15, 0.2) is 0 Å². The molecule has 0 spiro atoms. The van der Waals surface area contributed by atoms with Crippen LogP contribution in [0.3, 0.4) is 0 Å². The van der Waals surface area contributed by atoms with Crippen LogP contribution in [0.5, 0.6) is 0 Å². The van der Waals surface area contributed by atoms with Crippen molar-refractivity contribution < 1.29 is 14.1 Å². The van der Waals surface area contributed by atoms with Gasteiger partial charge in [-0.25, -0.2) is 4.39 Å². The number of halogens is 1. The summed E-state index contributed by atoms with van der Waals surface area (Å²) in [5.41, 5.74) is 4.08. The van der Waals surface area contributed by atoms with E-state index in [1.54, 1.807) is 0 Å². The van der Waals surface area contributed by atoms with E-state index in [4.69, 9.17) is 5.73 Å². The van der Waals surface area contributed by atoms with Gasteiger partial charge in [-0.05, 0) is 13.0 Å². The minimum atomic E-state index is -1.01. The molecular formula is C8H7FN2O3. The number of hydrogen-bond donors (Lipinski definition) is 1. The van der Waals surface area contributed by atoms with Crippen molar-refractivity contribution in [3.63, 3.8) is 0 Å². The van der Waals surface area contributed by atoms with Crippen LogP contribution in [0, 0.1) is 22.9 Å². The lowest BCUT2D eigenvalue weighted by Gasteiger charge is -2.03. The van der Waals surface area contributed by atoms with E-state index in [0.717, 1.165) is 12.1 Å². The van der Waals surface area contributed by atoms with Crippen molar-refractivity contribution in [2.45, 2.75) is 6.92 Å². The Kier molecular flexibility index (Phi) is 2.46. The number of nitro benzene ring substituents is 1. The molecule has 0 aliphatic heterocycles. The molecule has 1 aromatic carbocycles. The summed E-state index contributed by atoms with van der Waals surface area (Å²) < 4.78 is 13.0. The quantitative estimate of drug-likeness (QED) is 0.571. The number of hydrogen-bond acceptors (Lipinski definition) is 3. The topological polar surface area (TPSA) is 86.2 Å². The molecule has 0 unspecified atom stereocenters. The molecule has 5 nitrogen and oxygen atoms in total. The smallest absolute Gasteiger partial charge is 0.273 e. The number of nitro groups is 1. The van der Waals surface area contributed by atoms with Crippen molar-refractivity contribution in [3.05, 3.63) is 39.2 Å². The Morgan fingerprint density at radius 3 is 2.57 bits per heavy atom. The van der Waals surface area contributed by atoms with Gasteiger partial charge in [-0.2, -0.15) is 0 Å². The molecule has 0 saturated carbocycles. The van der Waals surface area contributed by atoms with Gasteiger partial charge in [0.05, 0.1) is 10.5 Å². The third-order valence-electron chi connectivity index (χ3n) is 1.83. The first-order valence-corrected chi connectivity index (χ1v) is 3.68. The van der Waals surface area contributed by atoms with Gasteiger partial charge in [0.25, 0.3) is 11.6 Å². The van der Waals surface area contributed by atoms with E-state index in [1.807, 2.05) is 0 Å². The molecule has 74 valence electrons. The Hall–Kier alpha value is -1.98. The van der Waals surface area contributed by atoms with Crippen molar-refractivity contribution in [2.75, 3.05) is 0 Å². The number of nitrogens with two attached hydrogens (primary N) is 1. The predicted octanol–water partition coefficient (Wildman–Crippen LogP) is 1.14. The first-order chi connectivity index (χ1) is 6.45. The maximum Gasteiger partial charge on any atom is 0.273 e. The maximum atomic E-state index is 13.0. The van der Waals surface area contributed by atoms with Gasteiger partial charge in [0.2, 0.25) is 0 Å². The van der Waals surface area contributed by atoms with Crippen LogP contribution in [0.15, 0.2) is 12.1 Å². The molecule has 1 rings (SSSR count). The summed E-state index contributed by atoms with van der Waals surface area (Å²) in [6, 6.07) is 1.85. The fourth-order valence-corrected chi connectivity index (χ4v) is 1.17. The maximum absolute atomic E-state index is 13.0. The minimum absolute atomic E-state index is 0.0532. The lowest BCUT2D eigenvalue weighted by atomic mass is 10.1. The Bertz CT molecular complexity index is 417. The molecule has 0 atom stereocenters. The highest BCUT2D eigenvalue weighted by Crippen LogP contribution is 2.23. The molecule has 0 aliphatic carbocycles. The molecule has 0 aromatic heterocycles. The summed E-state index contributed by atoms with van der Waals surface area (Å²) in [6.07, 6.45) is 0. The van der Waals surface area contributed by atoms with Crippen molar-refractivity contribution in [2.24, 2.45) is 5.73 Å². The highest BCUT2D eigenvalue weighted by Gasteiger charge is 2.20. The SMILES string of the molecule is Cc1c([N+](=O)[O-])ccc(F)c1C(N)=O. The average Bonchev–Trinajstić information content (AvgIpc) is 2.02. The molecule has 1 aromatic rings. The van der Waals surface area contributed by atoms with Crippen molar-refractivity contribution in [3.8, 4) is 0 Å². The summed E-state index contributed by atoms with van der Waals surface area (Å²) in [7, 11) is 0. The molecule has 0 saturated heterocycles. The second-order valence-electron chi connectivity index (χ2n) is 2.69. The van der Waals surface area contributed by atoms with Crippen LogP contribution in [0.25, 0.3) is 0 Å². The number of carbonyl (C=O) groups is 1. The zero-order valence-corrected chi connectivity index (χ0v) is 7.28. The van der Waals surface area contributed by atoms with Gasteiger partial charge in [-0.15, -0.1) is 0 Å². The fraction of sp³-hybridized carbons (Fsp3) is 0.125. The number of benzene rings is 1. The van der Waals surface area contributed by atoms with Gasteiger partial charge < -0.3 is 5.73 Å². The monoisotopic (exact) mass is 198 g/mol. The van der Waals surface area contributed by atoms with Crippen molar-refractivity contribution in [1.82, 2.24) is 0 Å². The van der Waals surface area contributed by atoms with Gasteiger partial charge in [0, 0.05) is 11.6 Å². The van der Waals surface area contributed by atoms with Crippen LogP contribution < -0.4 is 5.73 Å². The number of rotatable bonds is 2. The van der Waals surface area contributed by atoms with E-state index >= 15 is 0 Å². The molecule has 2 N–H and O–H groups in total. The highest BCUT2D eigenvalue weighted by atomic mass is 19.1. The van der Waals surface area contributed by atoms with E-state index in [2.05, 4.69) is 0 Å². The standard InChI is InChI=1S/C8H7FN2O3/c1-4-6(11(13)14)3-2-5(9)7(4)8(10)12/h2-3H,1H3,(H2,10,12). The lowest BCUT2D eigenvalue weighted by Crippen LogP contribution is -2.15.